The Morgan fingerprint density at radius 3 is 2.83 bits per heavy atom. The number of amides is 2. The zero-order valence-electron chi connectivity index (χ0n) is 13.2. The summed E-state index contributed by atoms with van der Waals surface area (Å²) in [4.78, 5) is 24.9. The van der Waals surface area contributed by atoms with Crippen molar-refractivity contribution >= 4 is 29.3 Å². The summed E-state index contributed by atoms with van der Waals surface area (Å²) >= 11 is 1.50. The van der Waals surface area contributed by atoms with Gasteiger partial charge in [0.15, 0.2) is 0 Å². The number of ether oxygens (including phenoxy) is 1. The molecule has 1 atom stereocenters. The third-order valence-corrected chi connectivity index (χ3v) is 4.75. The predicted octanol–water partition coefficient (Wildman–Crippen LogP) is 2.93. The van der Waals surface area contributed by atoms with Gasteiger partial charge in [-0.05, 0) is 37.3 Å². The van der Waals surface area contributed by atoms with Gasteiger partial charge in [-0.3, -0.25) is 9.59 Å². The van der Waals surface area contributed by atoms with E-state index in [1.807, 2.05) is 43.3 Å². The molecule has 0 radical (unpaired) electrons. The molecule has 3 rings (SSSR count). The van der Waals surface area contributed by atoms with E-state index in [9.17, 15) is 9.59 Å². The number of hydrogen-bond acceptors (Lipinski definition) is 4. The molecule has 2 aromatic carbocycles. The molecular formula is C18H18N2O3S. The summed E-state index contributed by atoms with van der Waals surface area (Å²) in [5, 5.41) is 5.52. The molecule has 1 heterocycles. The highest BCUT2D eigenvalue weighted by Gasteiger charge is 2.23. The molecule has 1 aliphatic rings. The number of benzene rings is 2. The Morgan fingerprint density at radius 2 is 2.04 bits per heavy atom. The minimum absolute atomic E-state index is 0.0404. The molecule has 2 amide bonds. The van der Waals surface area contributed by atoms with Crippen LogP contribution in [0.15, 0.2) is 53.4 Å². The molecule has 0 aliphatic carbocycles. The molecule has 0 saturated heterocycles. The summed E-state index contributed by atoms with van der Waals surface area (Å²) in [5.74, 6) is 0.544. The van der Waals surface area contributed by atoms with E-state index in [0.717, 1.165) is 10.6 Å². The molecule has 1 unspecified atom stereocenters. The Bertz CT molecular complexity index is 749. The zero-order valence-corrected chi connectivity index (χ0v) is 14.1. The standard InChI is InChI=1S/C18H18N2O3S/c1-12-17(21)20-15-11-13(7-8-16(15)24-12)18(22)19-9-10-23-14-5-3-2-4-6-14/h2-8,11-12H,9-10H2,1H3,(H,19,22)(H,20,21). The van der Waals surface area contributed by atoms with Crippen LogP contribution in [-0.4, -0.2) is 30.2 Å². The first kappa shape index (κ1) is 16.4. The Kier molecular flexibility index (Phi) is 5.05. The summed E-state index contributed by atoms with van der Waals surface area (Å²) in [6, 6.07) is 14.8. The molecule has 2 aromatic rings. The maximum atomic E-state index is 12.2. The van der Waals surface area contributed by atoms with E-state index in [1.54, 1.807) is 12.1 Å². The summed E-state index contributed by atoms with van der Waals surface area (Å²) in [6.07, 6.45) is 0. The van der Waals surface area contributed by atoms with Crippen LogP contribution in [0, 0.1) is 0 Å². The van der Waals surface area contributed by atoms with E-state index in [2.05, 4.69) is 10.6 Å². The number of nitrogens with one attached hydrogen (secondary N) is 2. The van der Waals surface area contributed by atoms with Crippen molar-refractivity contribution in [3.63, 3.8) is 0 Å². The van der Waals surface area contributed by atoms with Crippen molar-refractivity contribution in [3.8, 4) is 5.75 Å². The topological polar surface area (TPSA) is 67.4 Å². The van der Waals surface area contributed by atoms with Gasteiger partial charge in [0.1, 0.15) is 12.4 Å². The number of anilines is 1. The van der Waals surface area contributed by atoms with E-state index in [1.165, 1.54) is 11.8 Å². The fraction of sp³-hybridized carbons (Fsp3) is 0.222. The van der Waals surface area contributed by atoms with Crippen LogP contribution in [0.3, 0.4) is 0 Å². The zero-order chi connectivity index (χ0) is 16.9. The van der Waals surface area contributed by atoms with Gasteiger partial charge in [-0.1, -0.05) is 18.2 Å². The SMILES string of the molecule is CC1Sc2ccc(C(=O)NCCOc3ccccc3)cc2NC1=O. The first-order valence-corrected chi connectivity index (χ1v) is 8.59. The van der Waals surface area contributed by atoms with Gasteiger partial charge in [0, 0.05) is 10.5 Å². The van der Waals surface area contributed by atoms with E-state index in [0.29, 0.717) is 24.4 Å². The molecule has 0 bridgehead atoms. The smallest absolute Gasteiger partial charge is 0.251 e. The van der Waals surface area contributed by atoms with Crippen LogP contribution >= 0.6 is 11.8 Å². The largest absolute Gasteiger partial charge is 0.492 e. The number of rotatable bonds is 5. The van der Waals surface area contributed by atoms with Gasteiger partial charge in [-0.15, -0.1) is 11.8 Å². The number of para-hydroxylation sites is 1. The second-order valence-electron chi connectivity index (χ2n) is 5.38. The van der Waals surface area contributed by atoms with Crippen LogP contribution < -0.4 is 15.4 Å². The monoisotopic (exact) mass is 342 g/mol. The lowest BCUT2D eigenvalue weighted by Gasteiger charge is -2.21. The lowest BCUT2D eigenvalue weighted by molar-refractivity contribution is -0.115. The molecule has 24 heavy (non-hydrogen) atoms. The molecule has 0 spiro atoms. The Hall–Kier alpha value is -2.47. The second kappa shape index (κ2) is 7.40. The fourth-order valence-electron chi connectivity index (χ4n) is 2.30. The van der Waals surface area contributed by atoms with Crippen LogP contribution in [-0.2, 0) is 4.79 Å². The molecular weight excluding hydrogens is 324 g/mol. The number of fused-ring (bicyclic) bond motifs is 1. The van der Waals surface area contributed by atoms with Crippen LogP contribution in [0.5, 0.6) is 5.75 Å². The van der Waals surface area contributed by atoms with Crippen LogP contribution in [0.2, 0.25) is 0 Å². The number of thioether (sulfide) groups is 1. The van der Waals surface area contributed by atoms with E-state index in [4.69, 9.17) is 4.74 Å². The van der Waals surface area contributed by atoms with Crippen molar-refractivity contribution in [1.29, 1.82) is 0 Å². The van der Waals surface area contributed by atoms with Crippen molar-refractivity contribution in [3.05, 3.63) is 54.1 Å². The van der Waals surface area contributed by atoms with Gasteiger partial charge in [-0.2, -0.15) is 0 Å². The summed E-state index contributed by atoms with van der Waals surface area (Å²) in [6.45, 7) is 2.66. The van der Waals surface area contributed by atoms with Crippen LogP contribution in [0.4, 0.5) is 5.69 Å². The van der Waals surface area contributed by atoms with Gasteiger partial charge in [-0.25, -0.2) is 0 Å². The van der Waals surface area contributed by atoms with Crippen molar-refractivity contribution in [2.45, 2.75) is 17.1 Å². The second-order valence-corrected chi connectivity index (χ2v) is 6.76. The number of carbonyl (C=O) groups excluding carboxylic acids is 2. The van der Waals surface area contributed by atoms with E-state index in [-0.39, 0.29) is 17.1 Å². The van der Waals surface area contributed by atoms with Crippen LogP contribution in [0.25, 0.3) is 0 Å². The first-order valence-electron chi connectivity index (χ1n) is 7.71. The van der Waals surface area contributed by atoms with Gasteiger partial charge in [0.25, 0.3) is 5.91 Å². The van der Waals surface area contributed by atoms with E-state index < -0.39 is 0 Å². The third-order valence-electron chi connectivity index (χ3n) is 3.57. The molecule has 0 fully saturated rings. The molecule has 5 nitrogen and oxygen atoms in total. The molecule has 124 valence electrons. The minimum Gasteiger partial charge on any atom is -0.492 e. The van der Waals surface area contributed by atoms with Gasteiger partial charge >= 0.3 is 0 Å². The Morgan fingerprint density at radius 1 is 1.25 bits per heavy atom. The van der Waals surface area contributed by atoms with Crippen molar-refractivity contribution in [1.82, 2.24) is 5.32 Å². The van der Waals surface area contributed by atoms with Crippen LogP contribution in [0.1, 0.15) is 17.3 Å². The average Bonchev–Trinajstić information content (AvgIpc) is 2.60. The minimum atomic E-state index is -0.188. The summed E-state index contributed by atoms with van der Waals surface area (Å²) < 4.78 is 5.53. The Labute approximate surface area is 144 Å². The molecule has 2 N–H and O–H groups in total. The van der Waals surface area contributed by atoms with Crippen molar-refractivity contribution in [2.24, 2.45) is 0 Å². The maximum absolute atomic E-state index is 12.2. The quantitative estimate of drug-likeness (QED) is 0.820. The normalized spacial score (nSPS) is 16.0. The summed E-state index contributed by atoms with van der Waals surface area (Å²) in [5.41, 5.74) is 1.21. The predicted molar refractivity (Wildman–Crippen MR) is 94.7 cm³/mol. The first-order chi connectivity index (χ1) is 11.6. The molecule has 0 aromatic heterocycles. The fourth-order valence-corrected chi connectivity index (χ4v) is 3.23. The van der Waals surface area contributed by atoms with Gasteiger partial charge in [0.05, 0.1) is 17.5 Å². The van der Waals surface area contributed by atoms with E-state index >= 15 is 0 Å². The highest BCUT2D eigenvalue weighted by Crippen LogP contribution is 2.35. The highest BCUT2D eigenvalue weighted by molar-refractivity contribution is 8.00. The Balaban J connectivity index is 1.54. The average molecular weight is 342 g/mol. The highest BCUT2D eigenvalue weighted by atomic mass is 32.2. The number of hydrogen-bond donors (Lipinski definition) is 2. The summed E-state index contributed by atoms with van der Waals surface area (Å²) in [7, 11) is 0. The third kappa shape index (κ3) is 3.89. The number of carbonyl (C=O) groups is 2. The van der Waals surface area contributed by atoms with Gasteiger partial charge in [0.2, 0.25) is 5.91 Å². The lowest BCUT2D eigenvalue weighted by atomic mass is 10.1. The van der Waals surface area contributed by atoms with Crippen molar-refractivity contribution < 1.29 is 14.3 Å². The maximum Gasteiger partial charge on any atom is 0.251 e. The molecule has 6 heteroatoms. The lowest BCUT2D eigenvalue weighted by Crippen LogP contribution is -2.29. The molecule has 0 saturated carbocycles. The van der Waals surface area contributed by atoms with Crippen molar-refractivity contribution in [2.75, 3.05) is 18.5 Å². The van der Waals surface area contributed by atoms with Gasteiger partial charge < -0.3 is 15.4 Å². The molecule has 1 aliphatic heterocycles.